The molecule has 1 atom stereocenters. The highest BCUT2D eigenvalue weighted by atomic mass is 16.5. The third-order valence-corrected chi connectivity index (χ3v) is 3.04. The molecule has 0 aromatic heterocycles. The average molecular weight is 258 g/mol. The zero-order valence-corrected chi connectivity index (χ0v) is 10.9. The van der Waals surface area contributed by atoms with Crippen molar-refractivity contribution >= 4 is 12.0 Å². The van der Waals surface area contributed by atoms with Gasteiger partial charge < -0.3 is 20.1 Å². The molecule has 1 aliphatic rings. The van der Waals surface area contributed by atoms with Crippen LogP contribution in [0, 0.1) is 0 Å². The fourth-order valence-corrected chi connectivity index (χ4v) is 2.18. The number of rotatable bonds is 5. The molecule has 1 aliphatic heterocycles. The van der Waals surface area contributed by atoms with E-state index in [1.165, 1.54) is 0 Å². The first kappa shape index (κ1) is 14.8. The Morgan fingerprint density at radius 2 is 2.22 bits per heavy atom. The van der Waals surface area contributed by atoms with Crippen molar-refractivity contribution in [2.24, 2.45) is 0 Å². The molecule has 18 heavy (non-hydrogen) atoms. The minimum atomic E-state index is -0.429. The lowest BCUT2D eigenvalue weighted by molar-refractivity contribution is -0.141. The number of hydrogen-bond acceptors (Lipinski definition) is 4. The molecule has 0 aliphatic carbocycles. The van der Waals surface area contributed by atoms with E-state index in [1.54, 1.807) is 11.8 Å². The highest BCUT2D eigenvalue weighted by Crippen LogP contribution is 2.19. The van der Waals surface area contributed by atoms with Crippen LogP contribution in [0.2, 0.25) is 0 Å². The Kier molecular flexibility index (Phi) is 6.49. The number of aliphatic hydroxyl groups excluding tert-OH is 1. The molecule has 0 spiro atoms. The minimum Gasteiger partial charge on any atom is -0.465 e. The first-order chi connectivity index (χ1) is 8.69. The summed E-state index contributed by atoms with van der Waals surface area (Å²) in [6, 6.07) is -0.174. The molecule has 104 valence electrons. The molecule has 0 bridgehead atoms. The summed E-state index contributed by atoms with van der Waals surface area (Å²) >= 11 is 0. The maximum absolute atomic E-state index is 11.9. The fourth-order valence-electron chi connectivity index (χ4n) is 2.18. The van der Waals surface area contributed by atoms with Crippen LogP contribution in [0.15, 0.2) is 0 Å². The summed E-state index contributed by atoms with van der Waals surface area (Å²) in [7, 11) is 0. The Labute approximate surface area is 107 Å². The second-order valence-electron chi connectivity index (χ2n) is 4.32. The second-order valence-corrected chi connectivity index (χ2v) is 4.32. The summed E-state index contributed by atoms with van der Waals surface area (Å²) in [5.74, 6) is -0.429. The van der Waals surface area contributed by atoms with Gasteiger partial charge in [0.15, 0.2) is 0 Å². The fraction of sp³-hybridized carbons (Fsp3) is 0.833. The van der Waals surface area contributed by atoms with E-state index in [-0.39, 0.29) is 25.2 Å². The second kappa shape index (κ2) is 7.92. The number of amides is 2. The van der Waals surface area contributed by atoms with Crippen LogP contribution in [0.5, 0.6) is 0 Å². The number of hydrogen-bond donors (Lipinski definition) is 2. The number of esters is 1. The van der Waals surface area contributed by atoms with Crippen LogP contribution in [0.4, 0.5) is 4.79 Å². The van der Waals surface area contributed by atoms with Gasteiger partial charge in [-0.15, -0.1) is 0 Å². The van der Waals surface area contributed by atoms with Crippen molar-refractivity contribution in [3.8, 4) is 0 Å². The van der Waals surface area contributed by atoms with E-state index in [2.05, 4.69) is 5.32 Å². The number of aliphatic hydroxyl groups is 1. The number of likely N-dealkylation sites (tertiary alicyclic amines) is 1. The number of nitrogens with zero attached hydrogens (tertiary/aromatic N) is 1. The standard InChI is InChI=1S/C12H22N2O4/c1-2-18-11(16)9-13-12(17)14-7-4-3-5-10(14)6-8-15/h10,15H,2-9H2,1H3,(H,13,17). The molecule has 2 amide bonds. The van der Waals surface area contributed by atoms with Crippen LogP contribution in [0.3, 0.4) is 0 Å². The Balaban J connectivity index is 2.40. The first-order valence-electron chi connectivity index (χ1n) is 6.50. The highest BCUT2D eigenvalue weighted by molar-refractivity contribution is 5.81. The van der Waals surface area contributed by atoms with Crippen molar-refractivity contribution < 1.29 is 19.4 Å². The predicted molar refractivity (Wildman–Crippen MR) is 66.1 cm³/mol. The van der Waals surface area contributed by atoms with Gasteiger partial charge in [0.25, 0.3) is 0 Å². The lowest BCUT2D eigenvalue weighted by Gasteiger charge is -2.35. The van der Waals surface area contributed by atoms with Gasteiger partial charge in [-0.2, -0.15) is 0 Å². The molecular formula is C12H22N2O4. The number of carbonyl (C=O) groups excluding carboxylic acids is 2. The molecule has 0 aromatic carbocycles. The summed E-state index contributed by atoms with van der Waals surface area (Å²) in [5, 5.41) is 11.5. The van der Waals surface area contributed by atoms with E-state index < -0.39 is 5.97 Å². The normalized spacial score (nSPS) is 19.4. The van der Waals surface area contributed by atoms with Crippen LogP contribution in [0.25, 0.3) is 0 Å². The largest absolute Gasteiger partial charge is 0.465 e. The summed E-state index contributed by atoms with van der Waals surface area (Å²) in [6.45, 7) is 2.69. The first-order valence-corrected chi connectivity index (χ1v) is 6.50. The number of carbonyl (C=O) groups is 2. The van der Waals surface area contributed by atoms with Crippen LogP contribution >= 0.6 is 0 Å². The minimum absolute atomic E-state index is 0.0749. The lowest BCUT2D eigenvalue weighted by atomic mass is 10.0. The number of piperidine rings is 1. The van der Waals surface area contributed by atoms with E-state index >= 15 is 0 Å². The smallest absolute Gasteiger partial charge is 0.325 e. The van der Waals surface area contributed by atoms with E-state index in [4.69, 9.17) is 9.84 Å². The van der Waals surface area contributed by atoms with Crippen LogP contribution in [0.1, 0.15) is 32.6 Å². The molecule has 0 aromatic rings. The summed E-state index contributed by atoms with van der Waals surface area (Å²) < 4.78 is 4.74. The van der Waals surface area contributed by atoms with Crippen molar-refractivity contribution in [1.29, 1.82) is 0 Å². The van der Waals surface area contributed by atoms with Crippen molar-refractivity contribution in [2.75, 3.05) is 26.3 Å². The van der Waals surface area contributed by atoms with Gasteiger partial charge in [-0.3, -0.25) is 4.79 Å². The van der Waals surface area contributed by atoms with Gasteiger partial charge in [-0.05, 0) is 32.6 Å². The molecule has 2 N–H and O–H groups in total. The van der Waals surface area contributed by atoms with Crippen molar-refractivity contribution in [3.63, 3.8) is 0 Å². The predicted octanol–water partition coefficient (Wildman–Crippen LogP) is 0.496. The molecule has 1 saturated heterocycles. The van der Waals surface area contributed by atoms with Crippen molar-refractivity contribution in [2.45, 2.75) is 38.6 Å². The van der Waals surface area contributed by atoms with E-state index in [0.29, 0.717) is 19.6 Å². The van der Waals surface area contributed by atoms with Crippen LogP contribution in [-0.4, -0.2) is 54.4 Å². The van der Waals surface area contributed by atoms with Gasteiger partial charge in [-0.25, -0.2) is 4.79 Å². The van der Waals surface area contributed by atoms with Crippen LogP contribution in [-0.2, 0) is 9.53 Å². The van der Waals surface area contributed by atoms with Gasteiger partial charge in [0.1, 0.15) is 6.54 Å². The maximum atomic E-state index is 11.9. The Hall–Kier alpha value is -1.30. The van der Waals surface area contributed by atoms with Gasteiger partial charge in [-0.1, -0.05) is 0 Å². The molecule has 6 heteroatoms. The monoisotopic (exact) mass is 258 g/mol. The third kappa shape index (κ3) is 4.52. The molecule has 1 fully saturated rings. The zero-order valence-electron chi connectivity index (χ0n) is 10.9. The molecule has 1 unspecified atom stereocenters. The lowest BCUT2D eigenvalue weighted by Crippen LogP contribution is -2.50. The number of ether oxygens (including phenoxy) is 1. The number of nitrogens with one attached hydrogen (secondary N) is 1. The molecule has 0 radical (unpaired) electrons. The molecular weight excluding hydrogens is 236 g/mol. The Bertz CT molecular complexity index is 281. The summed E-state index contributed by atoms with van der Waals surface area (Å²) in [4.78, 5) is 24.8. The molecule has 6 nitrogen and oxygen atoms in total. The number of urea groups is 1. The van der Waals surface area contributed by atoms with Crippen molar-refractivity contribution in [1.82, 2.24) is 10.2 Å². The maximum Gasteiger partial charge on any atom is 0.325 e. The molecule has 0 saturated carbocycles. The van der Waals surface area contributed by atoms with E-state index in [1.807, 2.05) is 0 Å². The van der Waals surface area contributed by atoms with Crippen molar-refractivity contribution in [3.05, 3.63) is 0 Å². The topological polar surface area (TPSA) is 78.9 Å². The molecule has 1 rings (SSSR count). The highest BCUT2D eigenvalue weighted by Gasteiger charge is 2.26. The summed E-state index contributed by atoms with van der Waals surface area (Å²) in [5.41, 5.74) is 0. The molecule has 1 heterocycles. The quantitative estimate of drug-likeness (QED) is 0.704. The van der Waals surface area contributed by atoms with E-state index in [9.17, 15) is 9.59 Å². The van der Waals surface area contributed by atoms with Gasteiger partial charge >= 0.3 is 12.0 Å². The van der Waals surface area contributed by atoms with Gasteiger partial charge in [0.2, 0.25) is 0 Å². The Morgan fingerprint density at radius 3 is 2.89 bits per heavy atom. The van der Waals surface area contributed by atoms with Crippen LogP contribution < -0.4 is 5.32 Å². The third-order valence-electron chi connectivity index (χ3n) is 3.04. The van der Waals surface area contributed by atoms with Gasteiger partial charge in [0.05, 0.1) is 6.61 Å². The Morgan fingerprint density at radius 1 is 1.44 bits per heavy atom. The average Bonchev–Trinajstić information content (AvgIpc) is 2.37. The summed E-state index contributed by atoms with van der Waals surface area (Å²) in [6.07, 6.45) is 3.54. The SMILES string of the molecule is CCOC(=O)CNC(=O)N1CCCCC1CCO. The zero-order chi connectivity index (χ0) is 13.4. The van der Waals surface area contributed by atoms with Gasteiger partial charge in [0, 0.05) is 19.2 Å². The van der Waals surface area contributed by atoms with E-state index in [0.717, 1.165) is 19.3 Å².